The molecule has 1 N–H and O–H groups in total. The van der Waals surface area contributed by atoms with Gasteiger partial charge in [0.2, 0.25) is 0 Å². The van der Waals surface area contributed by atoms with E-state index in [9.17, 15) is 0 Å². The van der Waals surface area contributed by atoms with E-state index in [0.717, 1.165) is 22.8 Å². The van der Waals surface area contributed by atoms with Gasteiger partial charge in [-0.05, 0) is 48.0 Å². The highest BCUT2D eigenvalue weighted by Crippen LogP contribution is 2.20. The quantitative estimate of drug-likeness (QED) is 0.800. The zero-order valence-corrected chi connectivity index (χ0v) is 11.6. The third-order valence-electron chi connectivity index (χ3n) is 2.95. The second-order valence-corrected chi connectivity index (χ2v) is 4.77. The number of furan rings is 1. The van der Waals surface area contributed by atoms with Crippen molar-refractivity contribution >= 4 is 17.3 Å². The van der Waals surface area contributed by atoms with Gasteiger partial charge < -0.3 is 14.3 Å². The molecule has 6 heteroatoms. The van der Waals surface area contributed by atoms with Gasteiger partial charge in [-0.25, -0.2) is 0 Å². The summed E-state index contributed by atoms with van der Waals surface area (Å²) in [5.74, 6) is 1.64. The fourth-order valence-electron chi connectivity index (χ4n) is 1.92. The van der Waals surface area contributed by atoms with Crippen molar-refractivity contribution in [3.63, 3.8) is 0 Å². The van der Waals surface area contributed by atoms with E-state index in [2.05, 4.69) is 15.5 Å². The molecule has 0 fully saturated rings. The maximum atomic E-state index is 5.73. The molecule has 0 saturated carbocycles. The van der Waals surface area contributed by atoms with Gasteiger partial charge in [-0.1, -0.05) is 0 Å². The van der Waals surface area contributed by atoms with Gasteiger partial charge in [0.1, 0.15) is 12.1 Å². The summed E-state index contributed by atoms with van der Waals surface area (Å²) in [5, 5.41) is 11.6. The number of nitrogens with one attached hydrogen (secondary N) is 1. The lowest BCUT2D eigenvalue weighted by Gasteiger charge is -2.06. The molecule has 5 nitrogen and oxygen atoms in total. The van der Waals surface area contributed by atoms with E-state index in [-0.39, 0.29) is 0 Å². The van der Waals surface area contributed by atoms with Crippen molar-refractivity contribution in [3.8, 4) is 11.4 Å². The highest BCUT2D eigenvalue weighted by molar-refractivity contribution is 6.28. The molecule has 0 aliphatic heterocycles. The Balaban J connectivity index is 1.69. The van der Waals surface area contributed by atoms with Crippen LogP contribution in [0.15, 0.2) is 47.1 Å². The summed E-state index contributed by atoms with van der Waals surface area (Å²) >= 11 is 5.73. The van der Waals surface area contributed by atoms with Gasteiger partial charge in [0, 0.05) is 18.3 Å². The number of hydrogen-bond donors (Lipinski definition) is 1. The molecule has 102 valence electrons. The monoisotopic (exact) mass is 288 g/mol. The van der Waals surface area contributed by atoms with Crippen molar-refractivity contribution < 1.29 is 4.42 Å². The molecular formula is C14H13ClN4O. The first-order valence-corrected chi connectivity index (χ1v) is 6.53. The number of aromatic nitrogens is 3. The van der Waals surface area contributed by atoms with Crippen LogP contribution in [0.25, 0.3) is 11.4 Å². The Morgan fingerprint density at radius 1 is 1.20 bits per heavy atom. The van der Waals surface area contributed by atoms with E-state index in [0.29, 0.717) is 11.8 Å². The molecule has 0 radical (unpaired) electrons. The number of aryl methyl sites for hydroxylation is 1. The lowest BCUT2D eigenvalue weighted by molar-refractivity contribution is 0.520. The molecule has 3 aromatic rings. The first kappa shape index (κ1) is 12.7. The van der Waals surface area contributed by atoms with E-state index in [1.165, 1.54) is 0 Å². The maximum absolute atomic E-state index is 5.73. The lowest BCUT2D eigenvalue weighted by atomic mass is 10.2. The van der Waals surface area contributed by atoms with E-state index in [4.69, 9.17) is 16.0 Å². The summed E-state index contributed by atoms with van der Waals surface area (Å²) in [5.41, 5.74) is 2.03. The minimum atomic E-state index is 0.402. The number of halogens is 1. The van der Waals surface area contributed by atoms with Crippen LogP contribution in [-0.2, 0) is 13.6 Å². The van der Waals surface area contributed by atoms with Crippen LogP contribution in [-0.4, -0.2) is 14.8 Å². The Labute approximate surface area is 121 Å². The average Bonchev–Trinajstić information content (AvgIpc) is 3.06. The van der Waals surface area contributed by atoms with E-state index in [1.54, 1.807) is 12.4 Å². The largest absolute Gasteiger partial charge is 0.448 e. The van der Waals surface area contributed by atoms with Crippen LogP contribution in [0.5, 0.6) is 0 Å². The first-order chi connectivity index (χ1) is 9.72. The zero-order valence-electron chi connectivity index (χ0n) is 10.9. The normalized spacial score (nSPS) is 10.7. The summed E-state index contributed by atoms with van der Waals surface area (Å²) in [6.45, 7) is 0.593. The molecule has 0 aliphatic carbocycles. The van der Waals surface area contributed by atoms with Crippen molar-refractivity contribution in [1.29, 1.82) is 0 Å². The predicted molar refractivity (Wildman–Crippen MR) is 77.5 cm³/mol. The van der Waals surface area contributed by atoms with Gasteiger partial charge in [0.05, 0.1) is 6.54 Å². The first-order valence-electron chi connectivity index (χ1n) is 6.15. The third kappa shape index (κ3) is 2.67. The number of benzene rings is 1. The summed E-state index contributed by atoms with van der Waals surface area (Å²) in [4.78, 5) is 0. The molecule has 0 amide bonds. The Bertz CT molecular complexity index is 702. The van der Waals surface area contributed by atoms with Crippen LogP contribution in [0.1, 0.15) is 5.76 Å². The molecule has 0 spiro atoms. The molecule has 1 aromatic carbocycles. The van der Waals surface area contributed by atoms with E-state index >= 15 is 0 Å². The van der Waals surface area contributed by atoms with Gasteiger partial charge >= 0.3 is 0 Å². The maximum Gasteiger partial charge on any atom is 0.193 e. The van der Waals surface area contributed by atoms with Crippen LogP contribution >= 0.6 is 11.6 Å². The van der Waals surface area contributed by atoms with Gasteiger partial charge in [-0.2, -0.15) is 0 Å². The predicted octanol–water partition coefficient (Wildman–Crippen LogP) is 3.34. The average molecular weight is 289 g/mol. The molecular weight excluding hydrogens is 276 g/mol. The molecule has 0 saturated heterocycles. The smallest absolute Gasteiger partial charge is 0.193 e. The Kier molecular flexibility index (Phi) is 3.43. The Hall–Kier alpha value is -2.27. The van der Waals surface area contributed by atoms with Crippen molar-refractivity contribution in [3.05, 3.63) is 53.7 Å². The Morgan fingerprint density at radius 2 is 2.00 bits per heavy atom. The highest BCUT2D eigenvalue weighted by Gasteiger charge is 2.04. The van der Waals surface area contributed by atoms with Gasteiger partial charge in [-0.15, -0.1) is 10.2 Å². The summed E-state index contributed by atoms with van der Waals surface area (Å²) < 4.78 is 7.17. The number of hydrogen-bond acceptors (Lipinski definition) is 4. The molecule has 0 atom stereocenters. The summed E-state index contributed by atoms with van der Waals surface area (Å²) in [6, 6.07) is 11.6. The van der Waals surface area contributed by atoms with Gasteiger partial charge in [-0.3, -0.25) is 0 Å². The standard InChI is InChI=1S/C14H13ClN4O/c1-19-9-17-18-14(19)10-2-4-11(5-3-10)16-8-12-6-7-13(15)20-12/h2-7,9,16H,8H2,1H3. The van der Waals surface area contributed by atoms with Crippen LogP contribution in [0, 0.1) is 0 Å². The summed E-state index contributed by atoms with van der Waals surface area (Å²) in [6.07, 6.45) is 1.68. The molecule has 2 heterocycles. The fourth-order valence-corrected chi connectivity index (χ4v) is 2.08. The van der Waals surface area contributed by atoms with E-state index < -0.39 is 0 Å². The number of rotatable bonds is 4. The molecule has 0 bridgehead atoms. The van der Waals surface area contributed by atoms with Gasteiger partial charge in [0.15, 0.2) is 11.0 Å². The molecule has 0 unspecified atom stereocenters. The molecule has 3 rings (SSSR count). The van der Waals surface area contributed by atoms with Crippen LogP contribution in [0.3, 0.4) is 0 Å². The van der Waals surface area contributed by atoms with Crippen molar-refractivity contribution in [2.45, 2.75) is 6.54 Å². The lowest BCUT2D eigenvalue weighted by Crippen LogP contribution is -1.98. The number of anilines is 1. The van der Waals surface area contributed by atoms with Gasteiger partial charge in [0.25, 0.3) is 0 Å². The molecule has 20 heavy (non-hydrogen) atoms. The molecule has 2 aromatic heterocycles. The van der Waals surface area contributed by atoms with Crippen LogP contribution < -0.4 is 5.32 Å². The number of nitrogens with zero attached hydrogens (tertiary/aromatic N) is 3. The minimum Gasteiger partial charge on any atom is -0.448 e. The SMILES string of the molecule is Cn1cnnc1-c1ccc(NCc2ccc(Cl)o2)cc1. The topological polar surface area (TPSA) is 55.9 Å². The second kappa shape index (κ2) is 5.38. The second-order valence-electron chi connectivity index (χ2n) is 4.40. The van der Waals surface area contributed by atoms with Crippen molar-refractivity contribution in [2.24, 2.45) is 7.05 Å². The third-order valence-corrected chi connectivity index (χ3v) is 3.15. The van der Waals surface area contributed by atoms with E-state index in [1.807, 2.05) is 41.9 Å². The molecule has 0 aliphatic rings. The summed E-state index contributed by atoms with van der Waals surface area (Å²) in [7, 11) is 1.92. The highest BCUT2D eigenvalue weighted by atomic mass is 35.5. The fraction of sp³-hybridized carbons (Fsp3) is 0.143. The van der Waals surface area contributed by atoms with Crippen LogP contribution in [0.2, 0.25) is 5.22 Å². The minimum absolute atomic E-state index is 0.402. The van der Waals surface area contributed by atoms with Crippen molar-refractivity contribution in [1.82, 2.24) is 14.8 Å². The zero-order chi connectivity index (χ0) is 13.9. The van der Waals surface area contributed by atoms with Crippen molar-refractivity contribution in [2.75, 3.05) is 5.32 Å². The van der Waals surface area contributed by atoms with Crippen LogP contribution in [0.4, 0.5) is 5.69 Å². The Morgan fingerprint density at radius 3 is 2.60 bits per heavy atom.